The molecule has 3 aromatic carbocycles. The minimum absolute atomic E-state index is 0.0186. The van der Waals surface area contributed by atoms with Gasteiger partial charge in [0.2, 0.25) is 0 Å². The fourth-order valence-corrected chi connectivity index (χ4v) is 5.92. The molecular formula is C33H32N4OPt-2. The Kier molecular flexibility index (Phi) is 5.71. The molecule has 0 amide bonds. The van der Waals surface area contributed by atoms with Crippen molar-refractivity contribution in [2.75, 3.05) is 11.4 Å². The zero-order chi connectivity index (χ0) is 29.8. The topological polar surface area (TPSA) is 35.2 Å². The van der Waals surface area contributed by atoms with E-state index in [1.165, 1.54) is 15.7 Å². The summed E-state index contributed by atoms with van der Waals surface area (Å²) in [6.07, 6.45) is 2.91. The van der Waals surface area contributed by atoms with Crippen molar-refractivity contribution in [3.63, 3.8) is 0 Å². The van der Waals surface area contributed by atoms with E-state index < -0.39 is 6.98 Å². The van der Waals surface area contributed by atoms with Gasteiger partial charge in [0.25, 0.3) is 0 Å². The standard InChI is InChI=1S/C33H32N4O.Pt/c1-23-16-18-36(32-19-24(15-17-34-32)33(2,3)4)31-21-27(13-14-28(23)31)38-26-10-8-9-25(20-26)37-22-35(5)29-11-6-7-12-30(29)37;/h6-15,17,19,23H,16,18H2,1-5H3;/q-2;/i5D3;. The molecule has 1 aliphatic rings. The fourth-order valence-electron chi connectivity index (χ4n) is 5.10. The second-order valence-corrected chi connectivity index (χ2v) is 12.0. The number of benzene rings is 3. The molecule has 6 heteroatoms. The van der Waals surface area contributed by atoms with Crippen LogP contribution in [0.4, 0.5) is 11.5 Å². The third kappa shape index (κ3) is 4.78. The van der Waals surface area contributed by atoms with Gasteiger partial charge in [-0.2, -0.15) is 0 Å². The number of anilines is 2. The Labute approximate surface area is 245 Å². The number of aryl methyl sites for hydroxylation is 1. The molecule has 2 aromatic heterocycles. The molecule has 0 spiro atoms. The minimum atomic E-state index is -2.32. The van der Waals surface area contributed by atoms with Crippen molar-refractivity contribution < 1.29 is 28.2 Å². The predicted molar refractivity (Wildman–Crippen MR) is 153 cm³/mol. The Bertz CT molecular complexity index is 1850. The maximum absolute atomic E-state index is 8.10. The molecule has 1 aliphatic heterocycles. The van der Waals surface area contributed by atoms with E-state index >= 15 is 0 Å². The van der Waals surface area contributed by atoms with Crippen LogP contribution in [0.5, 0.6) is 11.5 Å². The van der Waals surface area contributed by atoms with Crippen LogP contribution in [0.25, 0.3) is 16.7 Å². The molecular weight excluding hydrogens is 663 g/mol. The molecule has 0 saturated heterocycles. The van der Waals surface area contributed by atoms with Gasteiger partial charge in [-0.05, 0) is 17.0 Å². The molecule has 202 valence electrons. The Hall–Kier alpha value is -3.43. The van der Waals surface area contributed by atoms with Crippen LogP contribution in [-0.4, -0.2) is 20.7 Å². The van der Waals surface area contributed by atoms with Gasteiger partial charge in [0.1, 0.15) is 0 Å². The molecule has 0 saturated carbocycles. The van der Waals surface area contributed by atoms with Crippen molar-refractivity contribution in [1.29, 1.82) is 0 Å². The molecule has 1 unspecified atom stereocenters. The second-order valence-electron chi connectivity index (χ2n) is 11.0. The summed E-state index contributed by atoms with van der Waals surface area (Å²) in [4.78, 5) is 6.96. The number of nitrogens with zero attached hydrogens (tertiary/aromatic N) is 4. The third-order valence-electron chi connectivity index (χ3n) is 7.32. The Morgan fingerprint density at radius 2 is 1.79 bits per heavy atom. The van der Waals surface area contributed by atoms with Gasteiger partial charge < -0.3 is 0 Å². The van der Waals surface area contributed by atoms with Gasteiger partial charge in [-0.3, -0.25) is 0 Å². The Morgan fingerprint density at radius 1 is 1.00 bits per heavy atom. The van der Waals surface area contributed by atoms with Crippen LogP contribution < -0.4 is 9.64 Å². The van der Waals surface area contributed by atoms with Gasteiger partial charge in [-0.25, -0.2) is 0 Å². The quantitative estimate of drug-likeness (QED) is 0.180. The van der Waals surface area contributed by atoms with Crippen molar-refractivity contribution in [2.24, 2.45) is 6.98 Å². The summed E-state index contributed by atoms with van der Waals surface area (Å²) in [6, 6.07) is 28.3. The normalized spacial score (nSPS) is 16.9. The van der Waals surface area contributed by atoms with Crippen LogP contribution in [0.1, 0.15) is 55.3 Å². The predicted octanol–water partition coefficient (Wildman–Crippen LogP) is 7.78. The summed E-state index contributed by atoms with van der Waals surface area (Å²) >= 11 is 2.07. The average Bonchev–Trinajstić information content (AvgIpc) is 3.25. The fraction of sp³-hybridized carbons (Fsp3) is 0.273. The molecule has 5 aromatic rings. The number of rotatable bonds is 4. The summed E-state index contributed by atoms with van der Waals surface area (Å²) in [6.45, 7) is 7.40. The first-order chi connectivity index (χ1) is 19.9. The molecule has 0 radical (unpaired) electrons. The van der Waals surface area contributed by atoms with Crippen molar-refractivity contribution in [3.8, 4) is 17.2 Å². The number of hydrogen-bond donors (Lipinski definition) is 0. The number of ether oxygens (including phenoxy) is 1. The van der Waals surface area contributed by atoms with Crippen LogP contribution in [0, 0.1) is 15.9 Å². The molecule has 0 fully saturated rings. The van der Waals surface area contributed by atoms with Crippen LogP contribution in [0.3, 0.4) is 0 Å². The zero-order valence-corrected chi connectivity index (χ0v) is 24.7. The SMILES string of the molecule is [2H]C([2H])([2H])n1[c](=[Pt])n(-c2[c-]c(Oc3[c-]c4c(cc3)C(C)CCN4c3cc(C(C)(C)C)ccn3)ccc2)c2ccccc21. The Balaban J connectivity index is 1.37. The molecule has 39 heavy (non-hydrogen) atoms. The van der Waals surface area contributed by atoms with Crippen molar-refractivity contribution in [3.05, 3.63) is 100.0 Å². The summed E-state index contributed by atoms with van der Waals surface area (Å²) < 4.78 is 34.5. The van der Waals surface area contributed by atoms with Crippen LogP contribution in [-0.2, 0) is 31.7 Å². The number of imidazole rings is 1. The van der Waals surface area contributed by atoms with E-state index in [0.717, 1.165) is 30.0 Å². The second kappa shape index (κ2) is 9.95. The van der Waals surface area contributed by atoms with E-state index in [4.69, 9.17) is 13.8 Å². The Morgan fingerprint density at radius 3 is 2.59 bits per heavy atom. The number of pyridine rings is 1. The first-order valence-corrected chi connectivity index (χ1v) is 14.2. The van der Waals surface area contributed by atoms with Gasteiger partial charge in [-0.1, -0.05) is 20.8 Å². The first-order valence-electron chi connectivity index (χ1n) is 14.6. The van der Waals surface area contributed by atoms with E-state index in [1.807, 2.05) is 59.3 Å². The van der Waals surface area contributed by atoms with E-state index in [1.54, 1.807) is 0 Å². The maximum atomic E-state index is 8.10. The summed E-state index contributed by atoms with van der Waals surface area (Å²) in [5, 5.41) is 0. The van der Waals surface area contributed by atoms with Crippen molar-refractivity contribution >= 4 is 22.5 Å². The summed E-state index contributed by atoms with van der Waals surface area (Å²) in [7, 11) is 0. The molecule has 0 bridgehead atoms. The molecule has 6 rings (SSSR count). The van der Waals surface area contributed by atoms with E-state index in [-0.39, 0.29) is 5.41 Å². The summed E-state index contributed by atoms with van der Waals surface area (Å²) in [5.74, 6) is 2.41. The number of fused-ring (bicyclic) bond motifs is 2. The molecule has 5 nitrogen and oxygen atoms in total. The van der Waals surface area contributed by atoms with Crippen LogP contribution >= 0.6 is 0 Å². The molecule has 0 N–H and O–H groups in total. The van der Waals surface area contributed by atoms with E-state index in [0.29, 0.717) is 32.4 Å². The third-order valence-corrected chi connectivity index (χ3v) is 8.34. The average molecular weight is 699 g/mol. The van der Waals surface area contributed by atoms with Gasteiger partial charge in [-0.15, -0.1) is 0 Å². The van der Waals surface area contributed by atoms with E-state index in [2.05, 4.69) is 82.3 Å². The van der Waals surface area contributed by atoms with E-state index in [9.17, 15) is 0 Å². The number of hydrogen-bond acceptors (Lipinski definition) is 3. The van der Waals surface area contributed by atoms with Gasteiger partial charge in [0.15, 0.2) is 0 Å². The monoisotopic (exact) mass is 698 g/mol. The molecule has 0 aliphatic carbocycles. The van der Waals surface area contributed by atoms with Gasteiger partial charge >= 0.3 is 202 Å². The van der Waals surface area contributed by atoms with Crippen molar-refractivity contribution in [1.82, 2.24) is 14.1 Å². The molecule has 1 atom stereocenters. The van der Waals surface area contributed by atoms with Crippen molar-refractivity contribution in [2.45, 2.75) is 45.4 Å². The van der Waals surface area contributed by atoms with Crippen LogP contribution in [0.2, 0.25) is 0 Å². The molecule has 3 heterocycles. The number of para-hydroxylation sites is 2. The van der Waals surface area contributed by atoms with Gasteiger partial charge in [0.05, 0.1) is 0 Å². The zero-order valence-electron chi connectivity index (χ0n) is 25.4. The summed E-state index contributed by atoms with van der Waals surface area (Å²) in [5.41, 5.74) is 5.55. The van der Waals surface area contributed by atoms with Gasteiger partial charge in [0, 0.05) is 6.20 Å². The number of aromatic nitrogens is 3. The first kappa shape index (κ1) is 22.4. The van der Waals surface area contributed by atoms with Crippen LogP contribution in [0.15, 0.2) is 72.9 Å².